The standard InChI is InChI=1S/C48H34N2/c1-49(32-26-28-47-40(29-32)39-19-7-11-23-46(39)50(47)45-24-12-14-31-13-2-3-15-34(31)45)33-25-27-38-37-18-6-10-22-43(37)48(44(38)30-33)41-20-8-4-16-35(41)36-17-5-9-21-42(36)48/h2-6,8-18,20-30H,7,19H2,1H3. The number of aromatic nitrogens is 1. The van der Waals surface area contributed by atoms with Crippen LogP contribution in [-0.4, -0.2) is 11.6 Å². The molecule has 0 saturated heterocycles. The summed E-state index contributed by atoms with van der Waals surface area (Å²) in [5.74, 6) is 0. The highest BCUT2D eigenvalue weighted by molar-refractivity contribution is 5.99. The lowest BCUT2D eigenvalue weighted by Crippen LogP contribution is -2.26. The molecule has 1 heterocycles. The molecular weight excluding hydrogens is 605 g/mol. The topological polar surface area (TPSA) is 8.17 Å². The minimum absolute atomic E-state index is 0.346. The van der Waals surface area contributed by atoms with Crippen molar-refractivity contribution in [3.05, 3.63) is 191 Å². The third kappa shape index (κ3) is 3.53. The van der Waals surface area contributed by atoms with Crippen molar-refractivity contribution >= 4 is 39.1 Å². The maximum absolute atomic E-state index is 2.48. The molecule has 50 heavy (non-hydrogen) atoms. The second kappa shape index (κ2) is 10.2. The Labute approximate surface area is 292 Å². The van der Waals surface area contributed by atoms with E-state index in [1.54, 1.807) is 0 Å². The van der Waals surface area contributed by atoms with Crippen LogP contribution in [0.5, 0.6) is 0 Å². The summed E-state index contributed by atoms with van der Waals surface area (Å²) in [7, 11) is 2.22. The van der Waals surface area contributed by atoms with Gasteiger partial charge in [0.15, 0.2) is 0 Å². The van der Waals surface area contributed by atoms with Gasteiger partial charge >= 0.3 is 0 Å². The van der Waals surface area contributed by atoms with Gasteiger partial charge in [-0.15, -0.1) is 0 Å². The number of nitrogens with zero attached hydrogens (tertiary/aromatic N) is 2. The van der Waals surface area contributed by atoms with E-state index in [1.807, 2.05) is 0 Å². The minimum Gasteiger partial charge on any atom is -0.345 e. The minimum atomic E-state index is -0.346. The number of aryl methyl sites for hydroxylation is 1. The molecule has 3 aliphatic carbocycles. The maximum Gasteiger partial charge on any atom is 0.0726 e. The Morgan fingerprint density at radius 3 is 1.88 bits per heavy atom. The summed E-state index contributed by atoms with van der Waals surface area (Å²) in [6.45, 7) is 0. The van der Waals surface area contributed by atoms with Crippen LogP contribution in [0.25, 0.3) is 55.7 Å². The van der Waals surface area contributed by atoms with Crippen LogP contribution in [0.2, 0.25) is 0 Å². The van der Waals surface area contributed by atoms with Gasteiger partial charge in [-0.1, -0.05) is 121 Å². The predicted octanol–water partition coefficient (Wildman–Crippen LogP) is 11.9. The normalized spacial score (nSPS) is 14.4. The second-order valence-electron chi connectivity index (χ2n) is 14.0. The molecule has 2 nitrogen and oxygen atoms in total. The molecule has 0 saturated carbocycles. The first-order valence-electron chi connectivity index (χ1n) is 17.7. The summed E-state index contributed by atoms with van der Waals surface area (Å²) < 4.78 is 2.48. The van der Waals surface area contributed by atoms with Crippen LogP contribution in [0.1, 0.15) is 39.9 Å². The van der Waals surface area contributed by atoms with Crippen LogP contribution in [0.3, 0.4) is 0 Å². The van der Waals surface area contributed by atoms with E-state index in [9.17, 15) is 0 Å². The van der Waals surface area contributed by atoms with Gasteiger partial charge in [0.25, 0.3) is 0 Å². The molecule has 1 spiro atoms. The SMILES string of the molecule is CN(c1ccc2c(c1)C1(c3ccccc3-c3ccccc31)c1ccccc1-2)c1ccc2c(c1)c1c(n2-c2cccc3ccccc23)C=CCC1. The molecular formula is C48H34N2. The van der Waals surface area contributed by atoms with Crippen molar-refractivity contribution < 1.29 is 0 Å². The van der Waals surface area contributed by atoms with Crippen molar-refractivity contribution in [3.63, 3.8) is 0 Å². The van der Waals surface area contributed by atoms with Gasteiger partial charge in [0.1, 0.15) is 0 Å². The van der Waals surface area contributed by atoms with E-state index in [1.165, 1.54) is 94.5 Å². The van der Waals surface area contributed by atoms with E-state index < -0.39 is 0 Å². The van der Waals surface area contributed by atoms with Gasteiger partial charge < -0.3 is 9.47 Å². The number of hydrogen-bond acceptors (Lipinski definition) is 1. The van der Waals surface area contributed by atoms with Gasteiger partial charge in [0.2, 0.25) is 0 Å². The highest BCUT2D eigenvalue weighted by atomic mass is 15.1. The molecule has 0 aliphatic heterocycles. The maximum atomic E-state index is 2.48. The van der Waals surface area contributed by atoms with Crippen LogP contribution in [0, 0.1) is 0 Å². The Hall–Kier alpha value is -6.12. The fourth-order valence-electron chi connectivity index (χ4n) is 9.54. The Bertz CT molecular complexity index is 2670. The van der Waals surface area contributed by atoms with Crippen LogP contribution >= 0.6 is 0 Å². The lowest BCUT2D eigenvalue weighted by molar-refractivity contribution is 0.793. The smallest absolute Gasteiger partial charge is 0.0726 e. The zero-order valence-electron chi connectivity index (χ0n) is 27.9. The molecule has 1 aromatic heterocycles. The molecule has 3 aliphatic rings. The summed E-state index contributed by atoms with van der Waals surface area (Å²) in [5.41, 5.74) is 18.1. The van der Waals surface area contributed by atoms with E-state index in [-0.39, 0.29) is 5.41 Å². The molecule has 7 aromatic carbocycles. The first-order chi connectivity index (χ1) is 24.7. The van der Waals surface area contributed by atoms with E-state index in [0.29, 0.717) is 0 Å². The van der Waals surface area contributed by atoms with Gasteiger partial charge in [0.05, 0.1) is 16.6 Å². The van der Waals surface area contributed by atoms with Crippen molar-refractivity contribution in [1.29, 1.82) is 0 Å². The molecule has 0 fully saturated rings. The van der Waals surface area contributed by atoms with Gasteiger partial charge in [-0.05, 0) is 111 Å². The molecule has 236 valence electrons. The molecule has 0 amide bonds. The summed E-state index contributed by atoms with van der Waals surface area (Å²) >= 11 is 0. The van der Waals surface area contributed by atoms with E-state index in [4.69, 9.17) is 0 Å². The lowest BCUT2D eigenvalue weighted by atomic mass is 9.70. The van der Waals surface area contributed by atoms with Crippen LogP contribution in [0.4, 0.5) is 11.4 Å². The molecule has 0 unspecified atom stereocenters. The highest BCUT2D eigenvalue weighted by Crippen LogP contribution is 2.63. The largest absolute Gasteiger partial charge is 0.345 e. The zero-order valence-corrected chi connectivity index (χ0v) is 27.9. The van der Waals surface area contributed by atoms with Crippen LogP contribution in [-0.2, 0) is 11.8 Å². The van der Waals surface area contributed by atoms with Crippen molar-refractivity contribution in [3.8, 4) is 27.9 Å². The highest BCUT2D eigenvalue weighted by Gasteiger charge is 2.51. The monoisotopic (exact) mass is 638 g/mol. The number of hydrogen-bond donors (Lipinski definition) is 0. The quantitative estimate of drug-likeness (QED) is 0.187. The average Bonchev–Trinajstić information content (AvgIpc) is 3.79. The van der Waals surface area contributed by atoms with Crippen LogP contribution in [0.15, 0.2) is 158 Å². The second-order valence-corrected chi connectivity index (χ2v) is 14.0. The summed E-state index contributed by atoms with van der Waals surface area (Å²) in [5, 5.41) is 3.88. The summed E-state index contributed by atoms with van der Waals surface area (Å²) in [6, 6.07) is 56.7. The van der Waals surface area contributed by atoms with E-state index >= 15 is 0 Å². The Kier molecular flexibility index (Phi) is 5.67. The van der Waals surface area contributed by atoms with Crippen LogP contribution < -0.4 is 4.90 Å². The third-order valence-corrected chi connectivity index (χ3v) is 11.7. The zero-order chi connectivity index (χ0) is 33.0. The Morgan fingerprint density at radius 1 is 0.540 bits per heavy atom. The van der Waals surface area contributed by atoms with Crippen molar-refractivity contribution in [2.75, 3.05) is 11.9 Å². The number of fused-ring (bicyclic) bond motifs is 14. The molecule has 0 atom stereocenters. The lowest BCUT2D eigenvalue weighted by Gasteiger charge is -2.31. The fraction of sp³-hybridized carbons (Fsp3) is 0.0833. The summed E-state index contributed by atoms with van der Waals surface area (Å²) in [6.07, 6.45) is 6.77. The molecule has 11 rings (SSSR count). The third-order valence-electron chi connectivity index (χ3n) is 11.7. The van der Waals surface area contributed by atoms with Gasteiger partial charge in [-0.25, -0.2) is 0 Å². The molecule has 0 N–H and O–H groups in total. The molecule has 2 heteroatoms. The first-order valence-corrected chi connectivity index (χ1v) is 17.7. The van der Waals surface area contributed by atoms with Gasteiger partial charge in [0, 0.05) is 34.9 Å². The van der Waals surface area contributed by atoms with Gasteiger partial charge in [-0.2, -0.15) is 0 Å². The molecule has 0 radical (unpaired) electrons. The predicted molar refractivity (Wildman–Crippen MR) is 209 cm³/mol. The number of allylic oxidation sites excluding steroid dienone is 1. The molecule has 0 bridgehead atoms. The van der Waals surface area contributed by atoms with E-state index in [0.717, 1.165) is 12.8 Å². The van der Waals surface area contributed by atoms with E-state index in [2.05, 4.69) is 180 Å². The number of rotatable bonds is 3. The molecule has 8 aromatic rings. The first kappa shape index (κ1) is 27.8. The van der Waals surface area contributed by atoms with Crippen molar-refractivity contribution in [2.24, 2.45) is 0 Å². The number of anilines is 2. The Morgan fingerprint density at radius 2 is 1.14 bits per heavy atom. The van der Waals surface area contributed by atoms with Crippen molar-refractivity contribution in [1.82, 2.24) is 4.57 Å². The van der Waals surface area contributed by atoms with Gasteiger partial charge in [-0.3, -0.25) is 0 Å². The van der Waals surface area contributed by atoms with Crippen molar-refractivity contribution in [2.45, 2.75) is 18.3 Å². The number of benzene rings is 7. The summed E-state index contributed by atoms with van der Waals surface area (Å²) in [4.78, 5) is 2.38. The fourth-order valence-corrected chi connectivity index (χ4v) is 9.54. The Balaban J connectivity index is 1.09. The average molecular weight is 639 g/mol.